The number of hydrogen-bond donors (Lipinski definition) is 3. The van der Waals surface area contributed by atoms with E-state index in [1.54, 1.807) is 12.1 Å². The van der Waals surface area contributed by atoms with Crippen LogP contribution in [-0.4, -0.2) is 76.7 Å². The Kier molecular flexibility index (Phi) is 8.24. The number of rotatable bonds is 8. The summed E-state index contributed by atoms with van der Waals surface area (Å²) in [6.07, 6.45) is -2.35. The van der Waals surface area contributed by atoms with Gasteiger partial charge in [-0.3, -0.25) is 4.90 Å². The third-order valence-corrected chi connectivity index (χ3v) is 7.09. The predicted molar refractivity (Wildman–Crippen MR) is 128 cm³/mol. The minimum atomic E-state index is -1.37. The lowest BCUT2D eigenvalue weighted by Crippen LogP contribution is -2.57. The quantitative estimate of drug-likeness (QED) is 0.490. The van der Waals surface area contributed by atoms with Crippen LogP contribution in [0.25, 0.3) is 0 Å². The molecule has 2 saturated heterocycles. The molecule has 0 unspecified atom stereocenters. The molecule has 0 aromatic heterocycles. The summed E-state index contributed by atoms with van der Waals surface area (Å²) in [5.74, 6) is 0.804. The van der Waals surface area contributed by atoms with Gasteiger partial charge in [-0.05, 0) is 67.6 Å². The SMILES string of the molecule is CCOc1ccc(Cc2cc([C@@H]3O[C@H](CN4CCC[C@H]4C=O)[C@@H](O)[C@H](O)[C@H]3O)ccc2Cl)cc1. The number of carbonyl (C=O) groups is 1. The number of likely N-dealkylation sites (tertiary alicyclic amines) is 1. The predicted octanol–water partition coefficient (Wildman–Crippen LogP) is 2.52. The van der Waals surface area contributed by atoms with Gasteiger partial charge in [-0.15, -0.1) is 0 Å². The third-order valence-electron chi connectivity index (χ3n) is 6.73. The smallest absolute Gasteiger partial charge is 0.137 e. The zero-order valence-corrected chi connectivity index (χ0v) is 20.0. The van der Waals surface area contributed by atoms with Gasteiger partial charge in [-0.1, -0.05) is 35.9 Å². The molecule has 2 fully saturated rings. The van der Waals surface area contributed by atoms with Gasteiger partial charge in [0.15, 0.2) is 0 Å². The first-order valence-corrected chi connectivity index (χ1v) is 12.2. The van der Waals surface area contributed by atoms with Gasteiger partial charge in [0.1, 0.15) is 36.5 Å². The van der Waals surface area contributed by atoms with E-state index in [2.05, 4.69) is 0 Å². The first-order chi connectivity index (χ1) is 16.4. The van der Waals surface area contributed by atoms with Gasteiger partial charge < -0.3 is 29.6 Å². The molecular formula is C26H32ClNO6. The van der Waals surface area contributed by atoms with Gasteiger partial charge in [0.05, 0.1) is 18.8 Å². The molecule has 3 N–H and O–H groups in total. The fourth-order valence-corrected chi connectivity index (χ4v) is 5.02. The fraction of sp³-hybridized carbons (Fsp3) is 0.500. The molecule has 2 aromatic rings. The number of hydrogen-bond acceptors (Lipinski definition) is 7. The van der Waals surface area contributed by atoms with Gasteiger partial charge in [-0.2, -0.15) is 0 Å². The topological polar surface area (TPSA) is 99.5 Å². The zero-order valence-electron chi connectivity index (χ0n) is 19.2. The van der Waals surface area contributed by atoms with Crippen LogP contribution in [0.3, 0.4) is 0 Å². The second-order valence-corrected chi connectivity index (χ2v) is 9.42. The maximum atomic E-state index is 11.4. The molecule has 0 saturated carbocycles. The van der Waals surface area contributed by atoms with Crippen LogP contribution in [0, 0.1) is 0 Å². The summed E-state index contributed by atoms with van der Waals surface area (Å²) in [6.45, 7) is 3.57. The molecule has 0 bridgehead atoms. The van der Waals surface area contributed by atoms with Crippen LogP contribution in [0.1, 0.15) is 42.6 Å². The van der Waals surface area contributed by atoms with Crippen LogP contribution in [-0.2, 0) is 16.0 Å². The first kappa shape index (κ1) is 25.1. The fourth-order valence-electron chi connectivity index (χ4n) is 4.84. The highest BCUT2D eigenvalue weighted by molar-refractivity contribution is 6.31. The number of aliphatic hydroxyl groups is 3. The number of aldehydes is 1. The molecule has 6 atom stereocenters. The Balaban J connectivity index is 1.53. The molecule has 8 heteroatoms. The molecule has 7 nitrogen and oxygen atoms in total. The van der Waals surface area contributed by atoms with E-state index in [-0.39, 0.29) is 6.04 Å². The van der Waals surface area contributed by atoms with Crippen molar-refractivity contribution in [2.75, 3.05) is 19.7 Å². The molecular weight excluding hydrogens is 458 g/mol. The molecule has 2 aliphatic rings. The van der Waals surface area contributed by atoms with E-state index in [0.29, 0.717) is 30.2 Å². The van der Waals surface area contributed by atoms with Crippen LogP contribution in [0.2, 0.25) is 5.02 Å². The second-order valence-electron chi connectivity index (χ2n) is 9.01. The van der Waals surface area contributed by atoms with Crippen molar-refractivity contribution in [3.8, 4) is 5.75 Å². The Morgan fingerprint density at radius 1 is 1.12 bits per heavy atom. The maximum Gasteiger partial charge on any atom is 0.137 e. The van der Waals surface area contributed by atoms with Gasteiger partial charge in [0.2, 0.25) is 0 Å². The lowest BCUT2D eigenvalue weighted by atomic mass is 9.89. The van der Waals surface area contributed by atoms with E-state index in [9.17, 15) is 20.1 Å². The number of ether oxygens (including phenoxy) is 2. The molecule has 4 rings (SSSR count). The van der Waals surface area contributed by atoms with Crippen LogP contribution < -0.4 is 4.74 Å². The van der Waals surface area contributed by atoms with E-state index in [1.165, 1.54) is 0 Å². The van der Waals surface area contributed by atoms with E-state index in [1.807, 2.05) is 42.2 Å². The Morgan fingerprint density at radius 2 is 1.88 bits per heavy atom. The van der Waals surface area contributed by atoms with Gasteiger partial charge in [0.25, 0.3) is 0 Å². The van der Waals surface area contributed by atoms with Crippen molar-refractivity contribution in [1.82, 2.24) is 4.90 Å². The minimum absolute atomic E-state index is 0.213. The van der Waals surface area contributed by atoms with Crippen LogP contribution in [0.5, 0.6) is 5.75 Å². The minimum Gasteiger partial charge on any atom is -0.494 e. The van der Waals surface area contributed by atoms with Crippen molar-refractivity contribution in [2.24, 2.45) is 0 Å². The number of benzene rings is 2. The summed E-state index contributed by atoms with van der Waals surface area (Å²) in [5, 5.41) is 32.4. The molecule has 184 valence electrons. The average Bonchev–Trinajstić information content (AvgIpc) is 3.29. The van der Waals surface area contributed by atoms with E-state index >= 15 is 0 Å². The van der Waals surface area contributed by atoms with Crippen molar-refractivity contribution >= 4 is 17.9 Å². The summed E-state index contributed by atoms with van der Waals surface area (Å²) < 4.78 is 11.6. The van der Waals surface area contributed by atoms with Crippen molar-refractivity contribution in [2.45, 2.75) is 62.7 Å². The summed E-state index contributed by atoms with van der Waals surface area (Å²) in [7, 11) is 0. The third kappa shape index (κ3) is 5.46. The van der Waals surface area contributed by atoms with Crippen molar-refractivity contribution in [1.29, 1.82) is 0 Å². The van der Waals surface area contributed by atoms with Gasteiger partial charge in [-0.25, -0.2) is 0 Å². The molecule has 0 radical (unpaired) electrons. The van der Waals surface area contributed by atoms with Crippen LogP contribution in [0.4, 0.5) is 0 Å². The normalized spacial score (nSPS) is 29.8. The highest BCUT2D eigenvalue weighted by atomic mass is 35.5. The van der Waals surface area contributed by atoms with Gasteiger partial charge in [0, 0.05) is 11.6 Å². The number of carbonyl (C=O) groups excluding carboxylic acids is 1. The van der Waals surface area contributed by atoms with Crippen molar-refractivity contribution in [3.63, 3.8) is 0 Å². The lowest BCUT2D eigenvalue weighted by molar-refractivity contribution is -0.228. The number of halogens is 1. The summed E-state index contributed by atoms with van der Waals surface area (Å²) in [5.41, 5.74) is 2.58. The number of aliphatic hydroxyl groups excluding tert-OH is 3. The van der Waals surface area contributed by atoms with Crippen molar-refractivity contribution in [3.05, 3.63) is 64.2 Å². The van der Waals surface area contributed by atoms with Crippen LogP contribution >= 0.6 is 11.6 Å². The Bertz CT molecular complexity index is 970. The molecule has 2 heterocycles. The molecule has 0 aliphatic carbocycles. The summed E-state index contributed by atoms with van der Waals surface area (Å²) >= 11 is 6.47. The first-order valence-electron chi connectivity index (χ1n) is 11.8. The van der Waals surface area contributed by atoms with E-state index < -0.39 is 30.5 Å². The maximum absolute atomic E-state index is 11.4. The summed E-state index contributed by atoms with van der Waals surface area (Å²) in [6, 6.07) is 13.0. The molecule has 0 spiro atoms. The number of nitrogens with zero attached hydrogens (tertiary/aromatic N) is 1. The molecule has 2 aliphatic heterocycles. The molecule has 0 amide bonds. The Labute approximate surface area is 204 Å². The van der Waals surface area contributed by atoms with E-state index in [4.69, 9.17) is 21.1 Å². The second kappa shape index (κ2) is 11.2. The highest BCUT2D eigenvalue weighted by Gasteiger charge is 2.45. The van der Waals surface area contributed by atoms with Crippen molar-refractivity contribution < 1.29 is 29.6 Å². The lowest BCUT2D eigenvalue weighted by Gasteiger charge is -2.42. The average molecular weight is 490 g/mol. The Hall–Kier alpha value is -2.00. The van der Waals surface area contributed by atoms with Gasteiger partial charge >= 0.3 is 0 Å². The molecule has 34 heavy (non-hydrogen) atoms. The monoisotopic (exact) mass is 489 g/mol. The molecule has 2 aromatic carbocycles. The standard InChI is InChI=1S/C26H32ClNO6/c1-2-33-20-8-5-16(6-9-20)12-18-13-17(7-10-21(18)27)26-25(32)24(31)23(30)22(34-26)14-28-11-3-4-19(28)15-29/h5-10,13,15,19,22-26,30-32H,2-4,11-12,14H2,1H3/t19-,22+,23+,24-,25+,26-/m0/s1. The highest BCUT2D eigenvalue weighted by Crippen LogP contribution is 2.35. The summed E-state index contributed by atoms with van der Waals surface area (Å²) in [4.78, 5) is 13.3. The van der Waals surface area contributed by atoms with Crippen LogP contribution in [0.15, 0.2) is 42.5 Å². The Morgan fingerprint density at radius 3 is 2.59 bits per heavy atom. The largest absolute Gasteiger partial charge is 0.494 e. The zero-order chi connectivity index (χ0) is 24.2. The van der Waals surface area contributed by atoms with E-state index in [0.717, 1.165) is 42.5 Å².